The lowest BCUT2D eigenvalue weighted by atomic mass is 9.95. The van der Waals surface area contributed by atoms with Crippen molar-refractivity contribution >= 4 is 17.9 Å². The van der Waals surface area contributed by atoms with Crippen molar-refractivity contribution in [1.82, 2.24) is 15.5 Å². The van der Waals surface area contributed by atoms with E-state index in [0.29, 0.717) is 34.9 Å². The number of amides is 3. The molecule has 2 aromatic carbocycles. The summed E-state index contributed by atoms with van der Waals surface area (Å²) in [6.45, 7) is 2.25. The van der Waals surface area contributed by atoms with E-state index in [1.54, 1.807) is 19.2 Å². The average Bonchev–Trinajstić information content (AvgIpc) is 3.21. The lowest BCUT2D eigenvalue weighted by Gasteiger charge is -2.33. The van der Waals surface area contributed by atoms with Crippen molar-refractivity contribution in [2.75, 3.05) is 26.9 Å². The van der Waals surface area contributed by atoms with Crippen molar-refractivity contribution in [1.29, 1.82) is 0 Å². The van der Waals surface area contributed by atoms with Crippen LogP contribution in [0.1, 0.15) is 24.1 Å². The van der Waals surface area contributed by atoms with Crippen LogP contribution in [0.4, 0.5) is 4.79 Å². The molecule has 0 aromatic heterocycles. The smallest absolute Gasteiger partial charge is 0.338 e. The number of hydrogen-bond donors (Lipinski definition) is 2. The predicted octanol–water partition coefficient (Wildman–Crippen LogP) is 2.29. The van der Waals surface area contributed by atoms with Crippen molar-refractivity contribution in [2.24, 2.45) is 0 Å². The van der Waals surface area contributed by atoms with Crippen LogP contribution in [0.25, 0.3) is 0 Å². The number of nitrogens with one attached hydrogen (secondary N) is 2. The summed E-state index contributed by atoms with van der Waals surface area (Å²) in [7, 11) is 1.57. The average molecular weight is 451 g/mol. The first-order chi connectivity index (χ1) is 16.0. The summed E-state index contributed by atoms with van der Waals surface area (Å²) in [6.07, 6.45) is 0. The number of esters is 1. The molecule has 0 radical (unpaired) electrons. The van der Waals surface area contributed by atoms with Crippen molar-refractivity contribution in [2.45, 2.75) is 19.5 Å². The molecule has 2 aliphatic heterocycles. The zero-order chi connectivity index (χ0) is 23.4. The second kappa shape index (κ2) is 9.64. The molecule has 2 heterocycles. The molecule has 0 bridgehead atoms. The van der Waals surface area contributed by atoms with E-state index in [0.717, 1.165) is 5.56 Å². The number of nitrogens with zero attached hydrogens (tertiary/aromatic N) is 1. The minimum Gasteiger partial charge on any atom is -0.497 e. The van der Waals surface area contributed by atoms with Gasteiger partial charge in [0.15, 0.2) is 0 Å². The van der Waals surface area contributed by atoms with Crippen LogP contribution in [0.2, 0.25) is 0 Å². The number of methoxy groups -OCH3 is 1. The lowest BCUT2D eigenvalue weighted by Crippen LogP contribution is -2.50. The van der Waals surface area contributed by atoms with Crippen molar-refractivity contribution in [3.63, 3.8) is 0 Å². The third-order valence-corrected chi connectivity index (χ3v) is 5.45. The third kappa shape index (κ3) is 4.62. The van der Waals surface area contributed by atoms with Gasteiger partial charge in [-0.25, -0.2) is 9.59 Å². The SMILES string of the molecule is CCOc1ccccc1C1NC(=O)N(CC(=O)NCc2cccc(OC)c2)C2=C1C(=O)OC2. The summed E-state index contributed by atoms with van der Waals surface area (Å²) in [4.78, 5) is 39.4. The van der Waals surface area contributed by atoms with Gasteiger partial charge in [0, 0.05) is 12.1 Å². The van der Waals surface area contributed by atoms with Crippen LogP contribution in [0.5, 0.6) is 11.5 Å². The van der Waals surface area contributed by atoms with Crippen LogP contribution >= 0.6 is 0 Å². The molecule has 0 saturated carbocycles. The van der Waals surface area contributed by atoms with Gasteiger partial charge in [-0.15, -0.1) is 0 Å². The lowest BCUT2D eigenvalue weighted by molar-refractivity contribution is -0.136. The first-order valence-corrected chi connectivity index (χ1v) is 10.6. The number of urea groups is 1. The number of carbonyl (C=O) groups excluding carboxylic acids is 3. The number of carbonyl (C=O) groups is 3. The van der Waals surface area contributed by atoms with Gasteiger partial charge in [0.2, 0.25) is 5.91 Å². The normalized spacial score (nSPS) is 17.3. The highest BCUT2D eigenvalue weighted by Crippen LogP contribution is 2.38. The number of rotatable bonds is 8. The van der Waals surface area contributed by atoms with Gasteiger partial charge in [0.1, 0.15) is 24.7 Å². The highest BCUT2D eigenvalue weighted by molar-refractivity contribution is 5.98. The van der Waals surface area contributed by atoms with E-state index in [1.807, 2.05) is 43.3 Å². The van der Waals surface area contributed by atoms with Gasteiger partial charge in [0.05, 0.1) is 31.0 Å². The van der Waals surface area contributed by atoms with Gasteiger partial charge in [-0.3, -0.25) is 9.69 Å². The Morgan fingerprint density at radius 3 is 2.82 bits per heavy atom. The van der Waals surface area contributed by atoms with E-state index < -0.39 is 18.0 Å². The molecule has 172 valence electrons. The summed E-state index contributed by atoms with van der Waals surface area (Å²) >= 11 is 0. The van der Waals surface area contributed by atoms with Gasteiger partial charge >= 0.3 is 12.0 Å². The number of para-hydroxylation sites is 1. The Balaban J connectivity index is 1.53. The molecule has 4 rings (SSSR count). The Morgan fingerprint density at radius 1 is 1.21 bits per heavy atom. The molecule has 1 unspecified atom stereocenters. The molecule has 33 heavy (non-hydrogen) atoms. The molecule has 0 saturated heterocycles. The molecule has 9 heteroatoms. The first kappa shape index (κ1) is 22.2. The topological polar surface area (TPSA) is 106 Å². The van der Waals surface area contributed by atoms with Crippen LogP contribution in [-0.4, -0.2) is 49.7 Å². The van der Waals surface area contributed by atoms with E-state index in [1.165, 1.54) is 4.90 Å². The number of benzene rings is 2. The largest absolute Gasteiger partial charge is 0.497 e. The molecule has 2 N–H and O–H groups in total. The highest BCUT2D eigenvalue weighted by atomic mass is 16.5. The third-order valence-electron chi connectivity index (χ3n) is 5.45. The quantitative estimate of drug-likeness (QED) is 0.597. The minimum absolute atomic E-state index is 0.0714. The fourth-order valence-electron chi connectivity index (χ4n) is 3.90. The number of ether oxygens (including phenoxy) is 3. The number of cyclic esters (lactones) is 1. The molecule has 0 fully saturated rings. The van der Waals surface area contributed by atoms with Gasteiger partial charge < -0.3 is 24.8 Å². The molecule has 9 nitrogen and oxygen atoms in total. The van der Waals surface area contributed by atoms with Crippen LogP contribution in [0.3, 0.4) is 0 Å². The zero-order valence-corrected chi connectivity index (χ0v) is 18.4. The minimum atomic E-state index is -0.721. The van der Waals surface area contributed by atoms with Gasteiger partial charge in [-0.05, 0) is 30.7 Å². The second-order valence-electron chi connectivity index (χ2n) is 7.50. The number of hydrogen-bond acceptors (Lipinski definition) is 6. The summed E-state index contributed by atoms with van der Waals surface area (Å²) in [5, 5.41) is 5.62. The highest BCUT2D eigenvalue weighted by Gasteiger charge is 2.43. The standard InChI is InChI=1S/C24H25N3O6/c1-3-32-19-10-5-4-9-17(19)22-21-18(14-33-23(21)29)27(24(30)26-22)13-20(28)25-12-15-7-6-8-16(11-15)31-2/h4-11,22H,3,12-14H2,1-2H3,(H,25,28)(H,26,30). The predicted molar refractivity (Wildman–Crippen MR) is 118 cm³/mol. The zero-order valence-electron chi connectivity index (χ0n) is 18.4. The van der Waals surface area contributed by atoms with Gasteiger partial charge in [-0.1, -0.05) is 30.3 Å². The maximum Gasteiger partial charge on any atom is 0.338 e. The van der Waals surface area contributed by atoms with Crippen LogP contribution in [0.15, 0.2) is 59.8 Å². The van der Waals surface area contributed by atoms with E-state index in [4.69, 9.17) is 14.2 Å². The molecule has 1 atom stereocenters. The van der Waals surface area contributed by atoms with E-state index >= 15 is 0 Å². The summed E-state index contributed by atoms with van der Waals surface area (Å²) in [5.74, 6) is 0.365. The van der Waals surface area contributed by atoms with Crippen LogP contribution in [0, 0.1) is 0 Å². The van der Waals surface area contributed by atoms with Crippen LogP contribution in [-0.2, 0) is 20.9 Å². The maximum absolute atomic E-state index is 13.0. The molecule has 2 aromatic rings. The van der Waals surface area contributed by atoms with Crippen molar-refractivity contribution in [3.05, 3.63) is 70.9 Å². The second-order valence-corrected chi connectivity index (χ2v) is 7.50. The van der Waals surface area contributed by atoms with Gasteiger partial charge in [-0.2, -0.15) is 0 Å². The van der Waals surface area contributed by atoms with Crippen molar-refractivity contribution in [3.8, 4) is 11.5 Å². The Hall–Kier alpha value is -4.01. The maximum atomic E-state index is 13.0. The molecular weight excluding hydrogens is 426 g/mol. The molecule has 0 aliphatic carbocycles. The Labute approximate surface area is 191 Å². The van der Waals surface area contributed by atoms with Crippen LogP contribution < -0.4 is 20.1 Å². The monoisotopic (exact) mass is 451 g/mol. The van der Waals surface area contributed by atoms with Crippen molar-refractivity contribution < 1.29 is 28.6 Å². The molecule has 3 amide bonds. The summed E-state index contributed by atoms with van der Waals surface area (Å²) in [6, 6.07) is 13.3. The molecule has 2 aliphatic rings. The van der Waals surface area contributed by atoms with E-state index in [-0.39, 0.29) is 25.6 Å². The molecular formula is C24H25N3O6. The van der Waals surface area contributed by atoms with E-state index in [2.05, 4.69) is 10.6 Å². The fraction of sp³-hybridized carbons (Fsp3) is 0.292. The fourth-order valence-corrected chi connectivity index (χ4v) is 3.90. The summed E-state index contributed by atoms with van der Waals surface area (Å²) < 4.78 is 16.1. The Morgan fingerprint density at radius 2 is 2.03 bits per heavy atom. The van der Waals surface area contributed by atoms with E-state index in [9.17, 15) is 14.4 Å². The Bertz CT molecular complexity index is 1110. The first-order valence-electron chi connectivity index (χ1n) is 10.6. The van der Waals surface area contributed by atoms with Gasteiger partial charge in [0.25, 0.3) is 0 Å². The Kier molecular flexibility index (Phi) is 6.48. The molecule has 0 spiro atoms. The summed E-state index contributed by atoms with van der Waals surface area (Å²) in [5.41, 5.74) is 2.21.